The van der Waals surface area contributed by atoms with E-state index in [-0.39, 0.29) is 23.3 Å². The number of fused-ring (bicyclic) bond motifs is 1. The highest BCUT2D eigenvalue weighted by Crippen LogP contribution is 2.27. The molecule has 0 aliphatic carbocycles. The maximum atomic E-state index is 13.4. The van der Waals surface area contributed by atoms with Gasteiger partial charge in [0, 0.05) is 13.1 Å². The predicted octanol–water partition coefficient (Wildman–Crippen LogP) is 3.12. The zero-order valence-electron chi connectivity index (χ0n) is 18.8. The van der Waals surface area contributed by atoms with Crippen LogP contribution in [0.3, 0.4) is 0 Å². The zero-order chi connectivity index (χ0) is 23.5. The van der Waals surface area contributed by atoms with E-state index in [9.17, 15) is 13.6 Å². The fourth-order valence-electron chi connectivity index (χ4n) is 4.60. The molecular formula is C26H27F2N3O2S. The number of ether oxygens (including phenoxy) is 1. The Balaban J connectivity index is 1.18. The molecule has 2 aliphatic rings. The molecule has 5 nitrogen and oxygen atoms in total. The molecular weight excluding hydrogens is 456 g/mol. The summed E-state index contributed by atoms with van der Waals surface area (Å²) in [6.45, 7) is 4.59. The van der Waals surface area contributed by atoms with Gasteiger partial charge in [0.2, 0.25) is 0 Å². The maximum Gasteiger partial charge on any atom is 0.269 e. The van der Waals surface area contributed by atoms with E-state index in [0.717, 1.165) is 52.9 Å². The number of hydrogen-bond donors (Lipinski definition) is 0. The van der Waals surface area contributed by atoms with Gasteiger partial charge < -0.3 is 9.64 Å². The first kappa shape index (κ1) is 23.1. The van der Waals surface area contributed by atoms with Crippen molar-refractivity contribution in [2.45, 2.75) is 25.5 Å². The maximum absolute atomic E-state index is 13.4. The molecule has 3 aromatic rings. The average molecular weight is 484 g/mol. The normalized spacial score (nSPS) is 17.3. The molecule has 0 spiro atoms. The predicted molar refractivity (Wildman–Crippen MR) is 128 cm³/mol. The minimum atomic E-state index is -0.383. The fourth-order valence-corrected chi connectivity index (χ4v) is 5.69. The second-order valence-corrected chi connectivity index (χ2v) is 9.80. The summed E-state index contributed by atoms with van der Waals surface area (Å²) >= 11 is 1.51. The largest absolute Gasteiger partial charge is 0.367 e. The van der Waals surface area contributed by atoms with Crippen LogP contribution in [-0.4, -0.2) is 42.3 Å². The number of thiazole rings is 1. The highest BCUT2D eigenvalue weighted by Gasteiger charge is 2.20. The molecule has 5 rings (SSSR count). The Morgan fingerprint density at radius 2 is 1.62 bits per heavy atom. The average Bonchev–Trinajstić information content (AvgIpc) is 3.42. The third-order valence-electron chi connectivity index (χ3n) is 6.52. The third-order valence-corrected chi connectivity index (χ3v) is 7.58. The Labute approximate surface area is 200 Å². The summed E-state index contributed by atoms with van der Waals surface area (Å²) in [5.41, 5.74) is 1.77. The van der Waals surface area contributed by atoms with Gasteiger partial charge in [-0.3, -0.25) is 14.4 Å². The van der Waals surface area contributed by atoms with Gasteiger partial charge in [-0.2, -0.15) is 0 Å². The van der Waals surface area contributed by atoms with E-state index in [1.165, 1.54) is 35.6 Å². The molecule has 34 heavy (non-hydrogen) atoms. The number of halogens is 2. The number of rotatable bonds is 7. The van der Waals surface area contributed by atoms with Crippen LogP contribution in [0.4, 0.5) is 8.78 Å². The highest BCUT2D eigenvalue weighted by molar-refractivity contribution is 7.07. The molecule has 0 radical (unpaired) electrons. The Kier molecular flexibility index (Phi) is 6.99. The van der Waals surface area contributed by atoms with Crippen molar-refractivity contribution in [3.63, 3.8) is 0 Å². The van der Waals surface area contributed by atoms with Gasteiger partial charge in [0.15, 0.2) is 4.80 Å². The second-order valence-electron chi connectivity index (χ2n) is 8.79. The van der Waals surface area contributed by atoms with Gasteiger partial charge in [-0.15, -0.1) is 0 Å². The molecule has 0 saturated carbocycles. The quantitative estimate of drug-likeness (QED) is 0.519. The fraction of sp³-hybridized carbons (Fsp3) is 0.385. The van der Waals surface area contributed by atoms with Gasteiger partial charge in [0.05, 0.1) is 17.7 Å². The zero-order valence-corrected chi connectivity index (χ0v) is 19.6. The summed E-state index contributed by atoms with van der Waals surface area (Å²) in [6, 6.07) is 12.5. The van der Waals surface area contributed by atoms with Crippen LogP contribution in [-0.2, 0) is 11.3 Å². The van der Waals surface area contributed by atoms with Crippen molar-refractivity contribution in [3.8, 4) is 0 Å². The lowest BCUT2D eigenvalue weighted by Crippen LogP contribution is -2.37. The molecule has 0 bridgehead atoms. The van der Waals surface area contributed by atoms with Crippen LogP contribution in [0.15, 0.2) is 58.3 Å². The van der Waals surface area contributed by atoms with Crippen molar-refractivity contribution < 1.29 is 13.5 Å². The summed E-state index contributed by atoms with van der Waals surface area (Å²) in [7, 11) is 0. The van der Waals surface area contributed by atoms with Gasteiger partial charge in [-0.25, -0.2) is 8.78 Å². The van der Waals surface area contributed by atoms with E-state index >= 15 is 0 Å². The van der Waals surface area contributed by atoms with Crippen molar-refractivity contribution >= 4 is 17.4 Å². The minimum absolute atomic E-state index is 0.102. The van der Waals surface area contributed by atoms with Crippen LogP contribution in [0.2, 0.25) is 0 Å². The molecule has 178 valence electrons. The first-order valence-electron chi connectivity index (χ1n) is 11.7. The minimum Gasteiger partial charge on any atom is -0.367 e. The van der Waals surface area contributed by atoms with E-state index in [1.54, 1.807) is 28.8 Å². The standard InChI is InChI=1S/C26H27F2N3O2S/c27-21-5-1-19(2-6-21)24(20-3-7-22(28)8-4-20)33-16-15-30-12-9-18(10-13-30)17-23-25(32)31-14-11-29-26(31)34-23/h1-8,17-18,24H,9-16H2. The third kappa shape index (κ3) is 5.19. The van der Waals surface area contributed by atoms with Gasteiger partial charge >= 0.3 is 0 Å². The summed E-state index contributed by atoms with van der Waals surface area (Å²) in [5, 5.41) is 0. The van der Waals surface area contributed by atoms with E-state index in [2.05, 4.69) is 16.0 Å². The Hall–Kier alpha value is -2.68. The van der Waals surface area contributed by atoms with Crippen molar-refractivity contribution in [3.05, 3.63) is 91.0 Å². The molecule has 2 aliphatic heterocycles. The van der Waals surface area contributed by atoms with Crippen LogP contribution < -0.4 is 14.9 Å². The van der Waals surface area contributed by atoms with Gasteiger partial charge in [-0.05, 0) is 67.2 Å². The molecule has 0 N–H and O–H groups in total. The van der Waals surface area contributed by atoms with Crippen LogP contribution in [0.5, 0.6) is 0 Å². The topological polar surface area (TPSA) is 46.8 Å². The lowest BCUT2D eigenvalue weighted by molar-refractivity contribution is 0.0537. The molecule has 1 fully saturated rings. The van der Waals surface area contributed by atoms with E-state index in [0.29, 0.717) is 25.6 Å². The molecule has 0 unspecified atom stereocenters. The van der Waals surface area contributed by atoms with Crippen LogP contribution in [0, 0.1) is 17.6 Å². The smallest absolute Gasteiger partial charge is 0.269 e. The summed E-state index contributed by atoms with van der Waals surface area (Å²) < 4.78 is 35.6. The monoisotopic (exact) mass is 483 g/mol. The lowest BCUT2D eigenvalue weighted by atomic mass is 9.97. The summed E-state index contributed by atoms with van der Waals surface area (Å²) in [4.78, 5) is 20.1. The number of likely N-dealkylation sites (tertiary alicyclic amines) is 1. The Morgan fingerprint density at radius 3 is 2.21 bits per heavy atom. The van der Waals surface area contributed by atoms with E-state index < -0.39 is 0 Å². The molecule has 2 aromatic carbocycles. The van der Waals surface area contributed by atoms with Crippen LogP contribution >= 0.6 is 11.3 Å². The number of nitrogens with zero attached hydrogens (tertiary/aromatic N) is 3. The van der Waals surface area contributed by atoms with Gasteiger partial charge in [-0.1, -0.05) is 41.7 Å². The number of piperidine rings is 1. The summed E-state index contributed by atoms with van der Waals surface area (Å²) in [5.74, 6) is -0.202. The molecule has 0 amide bonds. The number of benzene rings is 2. The van der Waals surface area contributed by atoms with E-state index in [1.807, 2.05) is 0 Å². The molecule has 8 heteroatoms. The number of aromatic nitrogens is 1. The van der Waals surface area contributed by atoms with Crippen LogP contribution in [0.1, 0.15) is 30.1 Å². The Bertz CT molecular complexity index is 1250. The highest BCUT2D eigenvalue weighted by atomic mass is 32.1. The lowest BCUT2D eigenvalue weighted by Gasteiger charge is -2.31. The van der Waals surface area contributed by atoms with Gasteiger partial charge in [0.25, 0.3) is 5.56 Å². The molecule has 3 heterocycles. The molecule has 1 aromatic heterocycles. The first-order valence-corrected chi connectivity index (χ1v) is 12.5. The van der Waals surface area contributed by atoms with Crippen LogP contribution in [0.25, 0.3) is 6.08 Å². The van der Waals surface area contributed by atoms with Crippen molar-refractivity contribution in [2.24, 2.45) is 10.9 Å². The summed E-state index contributed by atoms with van der Waals surface area (Å²) in [6.07, 6.45) is 3.76. The molecule has 0 atom stereocenters. The molecule has 1 saturated heterocycles. The Morgan fingerprint density at radius 1 is 1.00 bits per heavy atom. The first-order chi connectivity index (χ1) is 16.6. The number of hydrogen-bond acceptors (Lipinski definition) is 5. The second kappa shape index (κ2) is 10.3. The van der Waals surface area contributed by atoms with Crippen molar-refractivity contribution in [1.82, 2.24) is 9.47 Å². The van der Waals surface area contributed by atoms with Gasteiger partial charge in [0.1, 0.15) is 17.7 Å². The van der Waals surface area contributed by atoms with Crippen molar-refractivity contribution in [1.29, 1.82) is 0 Å². The SMILES string of the molecule is O=c1c(=CC2CCN(CCOC(c3ccc(F)cc3)c3ccc(F)cc3)CC2)sc2n1CCN=2. The van der Waals surface area contributed by atoms with E-state index in [4.69, 9.17) is 4.74 Å². The van der Waals surface area contributed by atoms with Crippen molar-refractivity contribution in [2.75, 3.05) is 32.8 Å².